The number of anilines is 3. The minimum Gasteiger partial charge on any atom is -0.382 e. The maximum atomic E-state index is 14.0. The molecule has 0 unspecified atom stereocenters. The zero-order valence-corrected chi connectivity index (χ0v) is 22.0. The summed E-state index contributed by atoms with van der Waals surface area (Å²) in [5, 5.41) is 10.1. The second-order valence-corrected chi connectivity index (χ2v) is 11.2. The summed E-state index contributed by atoms with van der Waals surface area (Å²) in [7, 11) is 0. The second kappa shape index (κ2) is 10.2. The van der Waals surface area contributed by atoms with Crippen LogP contribution < -0.4 is 16.0 Å². The van der Waals surface area contributed by atoms with Gasteiger partial charge in [-0.3, -0.25) is 0 Å². The van der Waals surface area contributed by atoms with Crippen LogP contribution in [0.5, 0.6) is 0 Å². The molecule has 2 heterocycles. The van der Waals surface area contributed by atoms with Crippen molar-refractivity contribution in [3.63, 3.8) is 0 Å². The van der Waals surface area contributed by atoms with E-state index in [9.17, 15) is 4.79 Å². The molecule has 3 N–H and O–H groups in total. The summed E-state index contributed by atoms with van der Waals surface area (Å²) in [6.07, 6.45) is 12.3. The van der Waals surface area contributed by atoms with Crippen molar-refractivity contribution in [2.24, 2.45) is 16.8 Å². The first-order valence-electron chi connectivity index (χ1n) is 13.7. The lowest BCUT2D eigenvalue weighted by Gasteiger charge is -2.28. The number of benzene rings is 1. The Hall–Kier alpha value is -2.93. The third-order valence-electron chi connectivity index (χ3n) is 7.97. The molecule has 2 aromatic rings. The molecule has 7 nitrogen and oxygen atoms in total. The number of nitrogens with one attached hydrogen (secondary N) is 1. The quantitative estimate of drug-likeness (QED) is 0.497. The summed E-state index contributed by atoms with van der Waals surface area (Å²) in [5.74, 6) is 0.972. The number of amides is 2. The minimum absolute atomic E-state index is 0.0675. The molecule has 36 heavy (non-hydrogen) atoms. The highest BCUT2D eigenvalue weighted by Crippen LogP contribution is 2.38. The van der Waals surface area contributed by atoms with Crippen molar-refractivity contribution in [1.82, 2.24) is 9.99 Å². The Bertz CT molecular complexity index is 1110. The lowest BCUT2D eigenvalue weighted by Crippen LogP contribution is -2.43. The molecule has 2 aliphatic carbocycles. The lowest BCUT2D eigenvalue weighted by molar-refractivity contribution is 0.195. The third-order valence-corrected chi connectivity index (χ3v) is 7.97. The van der Waals surface area contributed by atoms with Gasteiger partial charge in [0.1, 0.15) is 5.82 Å². The topological polar surface area (TPSA) is 86.8 Å². The van der Waals surface area contributed by atoms with Crippen LogP contribution in [0, 0.1) is 12.8 Å². The standard InChI is InChI=1S/C29H40N6O/c1-20(2)35-28(36)34(26-14-12-23(18-31-26)32-19-29(30)15-7-8-16-29)25-17-21(3)11-13-24(25)27(33-35)22-9-5-4-6-10-22/h11-14,17-18,20,22,32H,4-10,15-16,19,30H2,1-3H3. The monoisotopic (exact) mass is 488 g/mol. The SMILES string of the molecule is Cc1ccc2c(c1)N(c1ccc(NCC3(N)CCCC3)cn1)C(=O)N(C(C)C)N=C2C1CCCCC1. The van der Waals surface area contributed by atoms with Crippen LogP contribution in [0.2, 0.25) is 0 Å². The van der Waals surface area contributed by atoms with E-state index in [1.165, 1.54) is 32.1 Å². The van der Waals surface area contributed by atoms with Crippen LogP contribution in [-0.2, 0) is 0 Å². The summed E-state index contributed by atoms with van der Waals surface area (Å²) in [6.45, 7) is 6.84. The molecule has 0 spiro atoms. The van der Waals surface area contributed by atoms with Crippen molar-refractivity contribution in [1.29, 1.82) is 0 Å². The normalized spacial score (nSPS) is 20.4. The van der Waals surface area contributed by atoms with E-state index in [2.05, 4.69) is 30.4 Å². The zero-order chi connectivity index (χ0) is 25.3. The van der Waals surface area contributed by atoms with E-state index in [1.54, 1.807) is 9.91 Å². The van der Waals surface area contributed by atoms with E-state index in [0.29, 0.717) is 11.7 Å². The fourth-order valence-electron chi connectivity index (χ4n) is 5.85. The Balaban J connectivity index is 1.50. The molecule has 1 aromatic heterocycles. The molecule has 0 atom stereocenters. The Morgan fingerprint density at radius 1 is 1.08 bits per heavy atom. The number of aromatic nitrogens is 1. The van der Waals surface area contributed by atoms with E-state index in [-0.39, 0.29) is 17.6 Å². The minimum atomic E-state index is -0.164. The summed E-state index contributed by atoms with van der Waals surface area (Å²) in [5.41, 5.74) is 11.4. The number of urea groups is 1. The fourth-order valence-corrected chi connectivity index (χ4v) is 5.85. The first-order chi connectivity index (χ1) is 17.3. The number of pyridine rings is 1. The van der Waals surface area contributed by atoms with Crippen LogP contribution >= 0.6 is 0 Å². The molecule has 1 aliphatic heterocycles. The Labute approximate surface area is 215 Å². The van der Waals surface area contributed by atoms with Crippen molar-refractivity contribution in [2.45, 2.75) is 90.1 Å². The van der Waals surface area contributed by atoms with Crippen LogP contribution in [0.3, 0.4) is 0 Å². The van der Waals surface area contributed by atoms with Gasteiger partial charge in [0.2, 0.25) is 0 Å². The molecule has 2 fully saturated rings. The number of hydrogen-bond donors (Lipinski definition) is 2. The van der Waals surface area contributed by atoms with Crippen LogP contribution in [-0.4, -0.2) is 39.9 Å². The average molecular weight is 489 g/mol. The second-order valence-electron chi connectivity index (χ2n) is 11.2. The number of aryl methyl sites for hydroxylation is 1. The van der Waals surface area contributed by atoms with Gasteiger partial charge in [0.15, 0.2) is 0 Å². The predicted octanol–water partition coefficient (Wildman–Crippen LogP) is 6.34. The first-order valence-corrected chi connectivity index (χ1v) is 13.7. The molecule has 0 saturated heterocycles. The smallest absolute Gasteiger partial charge is 0.350 e. The maximum absolute atomic E-state index is 14.0. The highest BCUT2D eigenvalue weighted by Gasteiger charge is 2.36. The van der Waals surface area contributed by atoms with Crippen molar-refractivity contribution >= 4 is 28.9 Å². The van der Waals surface area contributed by atoms with E-state index in [0.717, 1.165) is 60.4 Å². The largest absolute Gasteiger partial charge is 0.382 e. The lowest BCUT2D eigenvalue weighted by atomic mass is 9.82. The van der Waals surface area contributed by atoms with Gasteiger partial charge < -0.3 is 11.1 Å². The first kappa shape index (κ1) is 24.8. The van der Waals surface area contributed by atoms with Gasteiger partial charge in [-0.2, -0.15) is 5.10 Å². The Morgan fingerprint density at radius 3 is 2.50 bits per heavy atom. The molecule has 192 valence electrons. The molecule has 0 radical (unpaired) electrons. The van der Waals surface area contributed by atoms with Crippen LogP contribution in [0.1, 0.15) is 82.8 Å². The van der Waals surface area contributed by atoms with E-state index < -0.39 is 0 Å². The predicted molar refractivity (Wildman–Crippen MR) is 147 cm³/mol. The molecule has 7 heteroatoms. The Kier molecular flexibility index (Phi) is 7.02. The van der Waals surface area contributed by atoms with Gasteiger partial charge in [0.25, 0.3) is 0 Å². The number of carbonyl (C=O) groups is 1. The van der Waals surface area contributed by atoms with Crippen molar-refractivity contribution in [3.05, 3.63) is 47.7 Å². The van der Waals surface area contributed by atoms with Crippen molar-refractivity contribution in [3.8, 4) is 0 Å². The van der Waals surface area contributed by atoms with E-state index in [1.807, 2.05) is 32.2 Å². The highest BCUT2D eigenvalue weighted by atomic mass is 16.2. The van der Waals surface area contributed by atoms with E-state index in [4.69, 9.17) is 15.8 Å². The summed E-state index contributed by atoms with van der Waals surface area (Å²) >= 11 is 0. The fraction of sp³-hybridized carbons (Fsp3) is 0.552. The van der Waals surface area contributed by atoms with Gasteiger partial charge in [-0.15, -0.1) is 0 Å². The van der Waals surface area contributed by atoms with Gasteiger partial charge in [-0.25, -0.2) is 19.7 Å². The number of hydrogen-bond acceptors (Lipinski definition) is 5. The van der Waals surface area contributed by atoms with E-state index >= 15 is 0 Å². The maximum Gasteiger partial charge on any atom is 0.350 e. The number of nitrogens with zero attached hydrogens (tertiary/aromatic N) is 4. The summed E-state index contributed by atoms with van der Waals surface area (Å²) < 4.78 is 0. The molecule has 0 bridgehead atoms. The highest BCUT2D eigenvalue weighted by molar-refractivity contribution is 6.13. The number of rotatable bonds is 6. The van der Waals surface area contributed by atoms with Gasteiger partial charge in [0, 0.05) is 23.6 Å². The van der Waals surface area contributed by atoms with Crippen molar-refractivity contribution in [2.75, 3.05) is 16.8 Å². The molecule has 2 amide bonds. The van der Waals surface area contributed by atoms with Crippen molar-refractivity contribution < 1.29 is 4.79 Å². The third kappa shape index (κ3) is 4.99. The van der Waals surface area contributed by atoms with Gasteiger partial charge >= 0.3 is 6.03 Å². The van der Waals surface area contributed by atoms with Gasteiger partial charge in [-0.05, 0) is 70.2 Å². The van der Waals surface area contributed by atoms with Gasteiger partial charge in [-0.1, -0.05) is 44.2 Å². The number of fused-ring (bicyclic) bond motifs is 1. The number of nitrogens with two attached hydrogens (primary N) is 1. The molecular weight excluding hydrogens is 448 g/mol. The van der Waals surface area contributed by atoms with Crippen LogP contribution in [0.4, 0.5) is 22.0 Å². The molecular formula is C29H40N6O. The Morgan fingerprint density at radius 2 is 1.83 bits per heavy atom. The van der Waals surface area contributed by atoms with Gasteiger partial charge in [0.05, 0.1) is 29.3 Å². The zero-order valence-electron chi connectivity index (χ0n) is 22.0. The summed E-state index contributed by atoms with van der Waals surface area (Å²) in [4.78, 5) is 20.5. The van der Waals surface area contributed by atoms with Crippen LogP contribution in [0.15, 0.2) is 41.6 Å². The molecule has 1 aromatic carbocycles. The molecule has 2 saturated carbocycles. The number of hydrazone groups is 1. The molecule has 3 aliphatic rings. The van der Waals surface area contributed by atoms with Crippen LogP contribution in [0.25, 0.3) is 0 Å². The molecule has 5 rings (SSSR count). The number of carbonyl (C=O) groups excluding carboxylic acids is 1. The average Bonchev–Trinajstić information content (AvgIpc) is 3.26. The summed E-state index contributed by atoms with van der Waals surface area (Å²) in [6, 6.07) is 10.1.